The maximum absolute atomic E-state index is 12.7. The van der Waals surface area contributed by atoms with E-state index < -0.39 is 6.36 Å². The second-order valence-corrected chi connectivity index (χ2v) is 6.39. The number of hydrogen-bond donors (Lipinski definition) is 0. The molecule has 0 aliphatic heterocycles. The average Bonchev–Trinajstić information content (AvgIpc) is 3.11. The molecule has 0 amide bonds. The summed E-state index contributed by atoms with van der Waals surface area (Å²) in [6, 6.07) is 3.56. The van der Waals surface area contributed by atoms with Gasteiger partial charge in [0.15, 0.2) is 11.5 Å². The van der Waals surface area contributed by atoms with Gasteiger partial charge in [0.25, 0.3) is 0 Å². The van der Waals surface area contributed by atoms with Gasteiger partial charge in [-0.1, -0.05) is 18.9 Å². The predicted octanol–water partition coefficient (Wildman–Crippen LogP) is 5.34. The minimum absolute atomic E-state index is 0.155. The van der Waals surface area contributed by atoms with Gasteiger partial charge in [0, 0.05) is 0 Å². The third-order valence-corrected chi connectivity index (χ3v) is 4.60. The monoisotopic (exact) mass is 314 g/mol. The molecule has 2 fully saturated rings. The average molecular weight is 314 g/mol. The molecule has 0 atom stereocenters. The zero-order valence-corrected chi connectivity index (χ0v) is 12.7. The van der Waals surface area contributed by atoms with E-state index in [0.717, 1.165) is 44.1 Å². The zero-order valence-electron chi connectivity index (χ0n) is 12.7. The Morgan fingerprint density at radius 2 is 1.77 bits per heavy atom. The number of rotatable bonds is 5. The van der Waals surface area contributed by atoms with Gasteiger partial charge in [0.05, 0.1) is 6.61 Å². The van der Waals surface area contributed by atoms with Gasteiger partial charge >= 0.3 is 6.36 Å². The number of alkyl halides is 3. The van der Waals surface area contributed by atoms with Gasteiger partial charge in [-0.05, 0) is 61.6 Å². The van der Waals surface area contributed by atoms with Crippen molar-refractivity contribution in [3.63, 3.8) is 0 Å². The predicted molar refractivity (Wildman–Crippen MR) is 77.3 cm³/mol. The molecule has 22 heavy (non-hydrogen) atoms. The lowest BCUT2D eigenvalue weighted by Gasteiger charge is -2.21. The summed E-state index contributed by atoms with van der Waals surface area (Å²) >= 11 is 0. The fourth-order valence-electron chi connectivity index (χ4n) is 3.21. The molecule has 0 N–H and O–H groups in total. The van der Waals surface area contributed by atoms with Gasteiger partial charge in [-0.25, -0.2) is 0 Å². The molecule has 2 nitrogen and oxygen atoms in total. The molecule has 0 aromatic heterocycles. The fourth-order valence-corrected chi connectivity index (χ4v) is 3.21. The van der Waals surface area contributed by atoms with Crippen LogP contribution in [0, 0.1) is 12.8 Å². The highest BCUT2D eigenvalue weighted by atomic mass is 19.4. The highest BCUT2D eigenvalue weighted by molar-refractivity contribution is 5.51. The first-order chi connectivity index (χ1) is 10.4. The van der Waals surface area contributed by atoms with Crippen LogP contribution in [0.15, 0.2) is 12.1 Å². The van der Waals surface area contributed by atoms with Gasteiger partial charge in [-0.2, -0.15) is 0 Å². The summed E-state index contributed by atoms with van der Waals surface area (Å²) < 4.78 is 48.1. The van der Waals surface area contributed by atoms with Gasteiger partial charge in [-0.3, -0.25) is 0 Å². The van der Waals surface area contributed by atoms with Crippen molar-refractivity contribution < 1.29 is 22.6 Å². The van der Waals surface area contributed by atoms with Crippen molar-refractivity contribution in [3.05, 3.63) is 23.3 Å². The minimum Gasteiger partial charge on any atom is -0.489 e. The van der Waals surface area contributed by atoms with Crippen molar-refractivity contribution in [3.8, 4) is 11.5 Å². The van der Waals surface area contributed by atoms with E-state index >= 15 is 0 Å². The molecule has 122 valence electrons. The Labute approximate surface area is 128 Å². The SMILES string of the molecule is Cc1c(C2CCCC2)ccc(OCC2CC2)c1OC(F)(F)F. The number of halogens is 3. The van der Waals surface area contributed by atoms with Gasteiger partial charge in [0.2, 0.25) is 0 Å². The van der Waals surface area contributed by atoms with E-state index in [1.807, 2.05) is 6.07 Å². The largest absolute Gasteiger partial charge is 0.573 e. The molecule has 3 rings (SSSR count). The standard InChI is InChI=1S/C17H21F3O2/c1-11-14(13-4-2-3-5-13)8-9-15(21-10-12-6-7-12)16(11)22-17(18,19)20/h8-9,12-13H,2-7,10H2,1H3. The summed E-state index contributed by atoms with van der Waals surface area (Å²) in [4.78, 5) is 0. The zero-order chi connectivity index (χ0) is 15.7. The van der Waals surface area contributed by atoms with Crippen LogP contribution < -0.4 is 9.47 Å². The smallest absolute Gasteiger partial charge is 0.489 e. The van der Waals surface area contributed by atoms with Crippen molar-refractivity contribution in [2.45, 2.75) is 57.7 Å². The van der Waals surface area contributed by atoms with E-state index in [2.05, 4.69) is 4.74 Å². The van der Waals surface area contributed by atoms with Crippen molar-refractivity contribution in [1.29, 1.82) is 0 Å². The maximum atomic E-state index is 12.7. The van der Waals surface area contributed by atoms with E-state index in [4.69, 9.17) is 4.74 Å². The van der Waals surface area contributed by atoms with Gasteiger partial charge < -0.3 is 9.47 Å². The van der Waals surface area contributed by atoms with Crippen LogP contribution in [0.5, 0.6) is 11.5 Å². The van der Waals surface area contributed by atoms with Crippen LogP contribution >= 0.6 is 0 Å². The molecule has 1 aromatic carbocycles. The summed E-state index contributed by atoms with van der Waals surface area (Å²) in [6.45, 7) is 2.18. The lowest BCUT2D eigenvalue weighted by atomic mass is 9.93. The topological polar surface area (TPSA) is 18.5 Å². The Morgan fingerprint density at radius 1 is 1.09 bits per heavy atom. The van der Waals surface area contributed by atoms with Crippen molar-refractivity contribution in [2.75, 3.05) is 6.61 Å². The second-order valence-electron chi connectivity index (χ2n) is 6.39. The molecular weight excluding hydrogens is 293 g/mol. The van der Waals surface area contributed by atoms with Crippen molar-refractivity contribution >= 4 is 0 Å². The van der Waals surface area contributed by atoms with Crippen LogP contribution in [0.3, 0.4) is 0 Å². The van der Waals surface area contributed by atoms with E-state index in [1.165, 1.54) is 0 Å². The maximum Gasteiger partial charge on any atom is 0.573 e. The Balaban J connectivity index is 1.88. The second kappa shape index (κ2) is 6.01. The molecule has 2 saturated carbocycles. The number of ether oxygens (including phenoxy) is 2. The van der Waals surface area contributed by atoms with Crippen LogP contribution in [0.4, 0.5) is 13.2 Å². The van der Waals surface area contributed by atoms with E-state index in [1.54, 1.807) is 13.0 Å². The lowest BCUT2D eigenvalue weighted by Crippen LogP contribution is -2.19. The number of hydrogen-bond acceptors (Lipinski definition) is 2. The van der Waals surface area contributed by atoms with Crippen LogP contribution in [-0.4, -0.2) is 13.0 Å². The summed E-state index contributed by atoms with van der Waals surface area (Å²) in [7, 11) is 0. The molecule has 0 spiro atoms. The summed E-state index contributed by atoms with van der Waals surface area (Å²) in [5.41, 5.74) is 1.54. The lowest BCUT2D eigenvalue weighted by molar-refractivity contribution is -0.275. The highest BCUT2D eigenvalue weighted by Crippen LogP contribution is 2.44. The van der Waals surface area contributed by atoms with Crippen molar-refractivity contribution in [2.24, 2.45) is 5.92 Å². The van der Waals surface area contributed by atoms with E-state index in [0.29, 0.717) is 24.0 Å². The molecule has 0 unspecified atom stereocenters. The Morgan fingerprint density at radius 3 is 2.36 bits per heavy atom. The summed E-state index contributed by atoms with van der Waals surface area (Å²) in [6.07, 6.45) is 1.84. The molecule has 0 heterocycles. The van der Waals surface area contributed by atoms with Crippen LogP contribution in [-0.2, 0) is 0 Å². The molecule has 0 radical (unpaired) electrons. The number of benzene rings is 1. The molecule has 1 aromatic rings. The minimum atomic E-state index is -4.70. The first-order valence-corrected chi connectivity index (χ1v) is 7.96. The third kappa shape index (κ3) is 3.68. The first kappa shape index (κ1) is 15.5. The Kier molecular flexibility index (Phi) is 4.24. The quantitative estimate of drug-likeness (QED) is 0.730. The van der Waals surface area contributed by atoms with Gasteiger partial charge in [0.1, 0.15) is 0 Å². The van der Waals surface area contributed by atoms with Gasteiger partial charge in [-0.15, -0.1) is 13.2 Å². The summed E-state index contributed by atoms with van der Waals surface area (Å²) in [5, 5.41) is 0. The Hall–Kier alpha value is -1.39. The molecule has 2 aliphatic rings. The van der Waals surface area contributed by atoms with E-state index in [9.17, 15) is 13.2 Å². The van der Waals surface area contributed by atoms with Crippen LogP contribution in [0.1, 0.15) is 55.6 Å². The molecular formula is C17H21F3O2. The molecule has 0 saturated heterocycles. The fraction of sp³-hybridized carbons (Fsp3) is 0.647. The normalized spacial score (nSPS) is 19.5. The Bertz CT molecular complexity index is 529. The third-order valence-electron chi connectivity index (χ3n) is 4.60. The first-order valence-electron chi connectivity index (χ1n) is 7.96. The van der Waals surface area contributed by atoms with Crippen LogP contribution in [0.25, 0.3) is 0 Å². The molecule has 2 aliphatic carbocycles. The van der Waals surface area contributed by atoms with Crippen LogP contribution in [0.2, 0.25) is 0 Å². The molecule has 5 heteroatoms. The summed E-state index contributed by atoms with van der Waals surface area (Å²) in [5.74, 6) is 0.877. The van der Waals surface area contributed by atoms with Crippen molar-refractivity contribution in [1.82, 2.24) is 0 Å². The highest BCUT2D eigenvalue weighted by Gasteiger charge is 2.35. The molecule has 0 bridgehead atoms. The van der Waals surface area contributed by atoms with E-state index in [-0.39, 0.29) is 11.5 Å².